The van der Waals surface area contributed by atoms with E-state index in [1.807, 2.05) is 12.2 Å². The molecule has 0 amide bonds. The van der Waals surface area contributed by atoms with Crippen molar-refractivity contribution in [2.24, 2.45) is 0 Å². The quantitative estimate of drug-likeness (QED) is 0.0204. The Morgan fingerprint density at radius 3 is 1.40 bits per heavy atom. The summed E-state index contributed by atoms with van der Waals surface area (Å²) < 4.78 is 16.6. The second-order valence-electron chi connectivity index (χ2n) is 14.6. The van der Waals surface area contributed by atoms with Gasteiger partial charge in [-0.15, -0.1) is 0 Å². The molecule has 0 aliphatic carbocycles. The predicted octanol–water partition coefficient (Wildman–Crippen LogP) is 14.3. The van der Waals surface area contributed by atoms with E-state index in [9.17, 15) is 14.4 Å². The Morgan fingerprint density at radius 1 is 0.418 bits per heavy atom. The van der Waals surface area contributed by atoms with Gasteiger partial charge in [-0.3, -0.25) is 14.4 Å². The van der Waals surface area contributed by atoms with Crippen LogP contribution in [0.5, 0.6) is 0 Å². The lowest BCUT2D eigenvalue weighted by atomic mass is 10.0. The van der Waals surface area contributed by atoms with Gasteiger partial charge in [-0.2, -0.15) is 0 Å². The van der Waals surface area contributed by atoms with Gasteiger partial charge < -0.3 is 14.2 Å². The van der Waals surface area contributed by atoms with Crippen LogP contribution in [0.2, 0.25) is 0 Å². The number of hydrogen-bond acceptors (Lipinski definition) is 6. The highest BCUT2D eigenvalue weighted by Gasteiger charge is 2.19. The first-order chi connectivity index (χ1) is 27.0. The van der Waals surface area contributed by atoms with Crippen LogP contribution in [0.1, 0.15) is 201 Å². The van der Waals surface area contributed by atoms with Gasteiger partial charge in [0, 0.05) is 12.8 Å². The minimum absolute atomic E-state index is 0.110. The van der Waals surface area contributed by atoms with Gasteiger partial charge in [-0.25, -0.2) is 0 Å². The minimum atomic E-state index is -0.817. The number of allylic oxidation sites excluding steroid dienone is 11. The number of rotatable bonds is 39. The maximum Gasteiger partial charge on any atom is 0.309 e. The van der Waals surface area contributed by atoms with E-state index >= 15 is 0 Å². The van der Waals surface area contributed by atoms with Crippen LogP contribution in [0.4, 0.5) is 0 Å². The summed E-state index contributed by atoms with van der Waals surface area (Å²) in [5.74, 6) is -1.07. The zero-order valence-electron chi connectivity index (χ0n) is 35.7. The SMILES string of the molecule is CC\C=C/C=C\C=C/CCCCCCCC(=O)OC(COC(=O)C/C=C\C/C=C\C/C=C\CC)COC(=O)CCCCCCCCCCCCCCCCC. The molecule has 0 N–H and O–H groups in total. The molecule has 0 bridgehead atoms. The summed E-state index contributed by atoms with van der Waals surface area (Å²) >= 11 is 0. The lowest BCUT2D eigenvalue weighted by Gasteiger charge is -2.18. The summed E-state index contributed by atoms with van der Waals surface area (Å²) in [6, 6.07) is 0. The van der Waals surface area contributed by atoms with Crippen LogP contribution < -0.4 is 0 Å². The number of hydrogen-bond donors (Lipinski definition) is 0. The van der Waals surface area contributed by atoms with E-state index in [-0.39, 0.29) is 38.0 Å². The number of esters is 3. The fourth-order valence-electron chi connectivity index (χ4n) is 5.97. The summed E-state index contributed by atoms with van der Waals surface area (Å²) in [5, 5.41) is 0. The lowest BCUT2D eigenvalue weighted by molar-refractivity contribution is -0.166. The summed E-state index contributed by atoms with van der Waals surface area (Å²) in [6.45, 7) is 6.26. The van der Waals surface area contributed by atoms with Gasteiger partial charge in [0.2, 0.25) is 0 Å². The van der Waals surface area contributed by atoms with Gasteiger partial charge in [0.05, 0.1) is 6.42 Å². The molecule has 0 aromatic heterocycles. The van der Waals surface area contributed by atoms with Gasteiger partial charge in [0.1, 0.15) is 13.2 Å². The topological polar surface area (TPSA) is 78.9 Å². The van der Waals surface area contributed by atoms with Crippen LogP contribution in [0.25, 0.3) is 0 Å². The Balaban J connectivity index is 4.43. The van der Waals surface area contributed by atoms with E-state index in [0.29, 0.717) is 6.42 Å². The maximum absolute atomic E-state index is 12.7. The summed E-state index contributed by atoms with van der Waals surface area (Å²) in [7, 11) is 0. The van der Waals surface area contributed by atoms with E-state index < -0.39 is 12.1 Å². The average Bonchev–Trinajstić information content (AvgIpc) is 3.18. The smallest absolute Gasteiger partial charge is 0.309 e. The molecule has 0 rings (SSSR count). The van der Waals surface area contributed by atoms with E-state index in [1.165, 1.54) is 77.0 Å². The molecule has 55 heavy (non-hydrogen) atoms. The zero-order valence-corrected chi connectivity index (χ0v) is 35.7. The third-order valence-corrected chi connectivity index (χ3v) is 9.30. The largest absolute Gasteiger partial charge is 0.462 e. The number of carbonyl (C=O) groups is 3. The van der Waals surface area contributed by atoms with Gasteiger partial charge in [0.25, 0.3) is 0 Å². The number of ether oxygens (including phenoxy) is 3. The van der Waals surface area contributed by atoms with Crippen molar-refractivity contribution in [1.29, 1.82) is 0 Å². The van der Waals surface area contributed by atoms with Crippen molar-refractivity contribution in [3.05, 3.63) is 72.9 Å². The Bertz CT molecular complexity index is 1070. The monoisotopic (exact) mass is 767 g/mol. The summed E-state index contributed by atoms with van der Waals surface area (Å²) in [6.07, 6.45) is 53.5. The molecule has 1 unspecified atom stereocenters. The Morgan fingerprint density at radius 2 is 0.855 bits per heavy atom. The minimum Gasteiger partial charge on any atom is -0.462 e. The average molecular weight is 767 g/mol. The molecular formula is C49H82O6. The van der Waals surface area contributed by atoms with Crippen molar-refractivity contribution in [1.82, 2.24) is 0 Å². The Hall–Kier alpha value is -3.15. The van der Waals surface area contributed by atoms with Crippen LogP contribution >= 0.6 is 0 Å². The van der Waals surface area contributed by atoms with Crippen molar-refractivity contribution in [2.75, 3.05) is 13.2 Å². The van der Waals surface area contributed by atoms with Crippen molar-refractivity contribution < 1.29 is 28.6 Å². The molecule has 0 spiro atoms. The van der Waals surface area contributed by atoms with Crippen molar-refractivity contribution in [3.8, 4) is 0 Å². The normalized spacial score (nSPS) is 12.7. The first kappa shape index (κ1) is 51.9. The molecule has 0 aromatic rings. The molecule has 0 radical (unpaired) electrons. The van der Waals surface area contributed by atoms with Crippen LogP contribution in [-0.2, 0) is 28.6 Å². The maximum atomic E-state index is 12.7. The van der Waals surface area contributed by atoms with Gasteiger partial charge >= 0.3 is 17.9 Å². The zero-order chi connectivity index (χ0) is 40.1. The first-order valence-corrected chi connectivity index (χ1v) is 22.5. The van der Waals surface area contributed by atoms with Gasteiger partial charge in [0.15, 0.2) is 6.10 Å². The highest BCUT2D eigenvalue weighted by atomic mass is 16.6. The molecule has 0 saturated heterocycles. The summed E-state index contributed by atoms with van der Waals surface area (Å²) in [5.41, 5.74) is 0. The molecule has 314 valence electrons. The van der Waals surface area contributed by atoms with E-state index in [0.717, 1.165) is 83.5 Å². The number of unbranched alkanes of at least 4 members (excludes halogenated alkanes) is 19. The highest BCUT2D eigenvalue weighted by Crippen LogP contribution is 2.14. The third-order valence-electron chi connectivity index (χ3n) is 9.30. The fourth-order valence-corrected chi connectivity index (χ4v) is 5.97. The summed E-state index contributed by atoms with van der Waals surface area (Å²) in [4.78, 5) is 37.6. The third kappa shape index (κ3) is 41.8. The number of carbonyl (C=O) groups excluding carboxylic acids is 3. The van der Waals surface area contributed by atoms with Crippen LogP contribution in [0.15, 0.2) is 72.9 Å². The van der Waals surface area contributed by atoms with Crippen molar-refractivity contribution in [3.63, 3.8) is 0 Å². The predicted molar refractivity (Wildman–Crippen MR) is 233 cm³/mol. The lowest BCUT2D eigenvalue weighted by Crippen LogP contribution is -2.30. The molecule has 0 aromatic carbocycles. The molecule has 0 heterocycles. The second kappa shape index (κ2) is 43.6. The Kier molecular flexibility index (Phi) is 41.1. The van der Waals surface area contributed by atoms with E-state index in [1.54, 1.807) is 6.08 Å². The van der Waals surface area contributed by atoms with Crippen molar-refractivity contribution >= 4 is 17.9 Å². The Labute approximate surface area is 338 Å². The molecule has 0 fully saturated rings. The van der Waals surface area contributed by atoms with Crippen LogP contribution in [0, 0.1) is 0 Å². The molecule has 0 aliphatic rings. The molecular weight excluding hydrogens is 685 g/mol. The first-order valence-electron chi connectivity index (χ1n) is 22.5. The van der Waals surface area contributed by atoms with Crippen LogP contribution in [0.3, 0.4) is 0 Å². The fraction of sp³-hybridized carbons (Fsp3) is 0.694. The standard InChI is InChI=1S/C49H82O6/c1-4-7-10-13-16-19-21-23-24-26-27-30-33-36-39-42-48(51)54-45-46(44-53-47(50)41-38-35-32-29-18-15-12-9-6-3)55-49(52)43-40-37-34-31-28-25-22-20-17-14-11-8-5-2/h8-9,11-12,14,17-18,20,22,29,35,38,46H,4-7,10,13,15-16,19,21,23-28,30-34,36-37,39-45H2,1-3H3/b11-8-,12-9-,17-14-,22-20-,29-18-,38-35-. The van der Waals surface area contributed by atoms with Gasteiger partial charge in [-0.1, -0.05) is 203 Å². The van der Waals surface area contributed by atoms with Crippen LogP contribution in [-0.4, -0.2) is 37.2 Å². The molecule has 6 nitrogen and oxygen atoms in total. The highest BCUT2D eigenvalue weighted by molar-refractivity contribution is 5.72. The molecule has 1 atom stereocenters. The molecule has 6 heteroatoms. The van der Waals surface area contributed by atoms with E-state index in [4.69, 9.17) is 14.2 Å². The van der Waals surface area contributed by atoms with E-state index in [2.05, 4.69) is 75.5 Å². The molecule has 0 aliphatic heterocycles. The molecule has 0 saturated carbocycles. The second-order valence-corrected chi connectivity index (χ2v) is 14.6. The van der Waals surface area contributed by atoms with Crippen molar-refractivity contribution in [2.45, 2.75) is 207 Å². The van der Waals surface area contributed by atoms with Gasteiger partial charge in [-0.05, 0) is 51.4 Å².